The highest BCUT2D eigenvalue weighted by Gasteiger charge is 2.08. The van der Waals surface area contributed by atoms with Crippen molar-refractivity contribution in [1.29, 1.82) is 0 Å². The van der Waals surface area contributed by atoms with Crippen LogP contribution in [-0.2, 0) is 0 Å². The van der Waals surface area contributed by atoms with Gasteiger partial charge in [0.05, 0.1) is 0 Å². The second-order valence-electron chi connectivity index (χ2n) is 3.23. The van der Waals surface area contributed by atoms with Gasteiger partial charge in [0.15, 0.2) is 0 Å². The Morgan fingerprint density at radius 2 is 2.31 bits per heavy atom. The van der Waals surface area contributed by atoms with Gasteiger partial charge < -0.3 is 5.32 Å². The zero-order chi connectivity index (χ0) is 9.68. The maximum atomic E-state index is 4.40. The lowest BCUT2D eigenvalue weighted by molar-refractivity contribution is 0.923. The van der Waals surface area contributed by atoms with Gasteiger partial charge in [0.1, 0.15) is 11.7 Å². The fourth-order valence-electron chi connectivity index (χ4n) is 1.23. The maximum absolute atomic E-state index is 4.40. The first-order chi connectivity index (χ1) is 6.26. The van der Waals surface area contributed by atoms with E-state index in [0.29, 0.717) is 0 Å². The highest BCUT2D eigenvalue weighted by Crippen LogP contribution is 2.06. The van der Waals surface area contributed by atoms with Crippen LogP contribution in [-0.4, -0.2) is 25.3 Å². The Hall–Kier alpha value is -1.12. The van der Waals surface area contributed by atoms with Crippen molar-refractivity contribution in [1.82, 2.24) is 5.32 Å². The summed E-state index contributed by atoms with van der Waals surface area (Å²) in [6.45, 7) is 5.11. The number of hydrogen-bond acceptors (Lipinski definition) is 2. The first-order valence-electron chi connectivity index (χ1n) is 4.70. The predicted molar refractivity (Wildman–Crippen MR) is 57.5 cm³/mol. The first-order valence-corrected chi connectivity index (χ1v) is 4.70. The lowest BCUT2D eigenvalue weighted by Crippen LogP contribution is -2.33. The molecule has 0 bridgehead atoms. The molecule has 0 aromatic rings. The monoisotopic (exact) mass is 179 g/mol. The summed E-state index contributed by atoms with van der Waals surface area (Å²) in [5, 5.41) is 3.19. The van der Waals surface area contributed by atoms with Gasteiger partial charge in [0.2, 0.25) is 0 Å². The minimum absolute atomic E-state index is 0.878. The number of aliphatic imine (C=N–C) groups is 2. The molecule has 0 unspecified atom stereocenters. The normalized spacial score (nSPS) is 23.2. The Bertz CT molecular complexity index is 261. The molecule has 0 atom stereocenters. The third-order valence-electron chi connectivity index (χ3n) is 1.88. The van der Waals surface area contributed by atoms with E-state index in [2.05, 4.69) is 35.2 Å². The number of hydrogen-bond donors (Lipinski definition) is 1. The highest BCUT2D eigenvalue weighted by molar-refractivity contribution is 6.09. The molecule has 0 fully saturated rings. The largest absolute Gasteiger partial charge is 0.329 e. The number of nitrogens with zero attached hydrogens (tertiary/aromatic N) is 2. The molecule has 1 N–H and O–H groups in total. The fourth-order valence-corrected chi connectivity index (χ4v) is 1.23. The molecular weight excluding hydrogens is 162 g/mol. The van der Waals surface area contributed by atoms with Crippen molar-refractivity contribution in [2.24, 2.45) is 9.98 Å². The van der Waals surface area contributed by atoms with E-state index >= 15 is 0 Å². The molecule has 0 aromatic carbocycles. The van der Waals surface area contributed by atoms with Gasteiger partial charge in [0, 0.05) is 20.0 Å². The van der Waals surface area contributed by atoms with Gasteiger partial charge in [-0.2, -0.15) is 0 Å². The maximum Gasteiger partial charge on any atom is 0.126 e. The summed E-state index contributed by atoms with van der Waals surface area (Å²) in [4.78, 5) is 8.54. The fraction of sp³-hybridized carbons (Fsp3) is 0.600. The van der Waals surface area contributed by atoms with E-state index in [4.69, 9.17) is 0 Å². The summed E-state index contributed by atoms with van der Waals surface area (Å²) < 4.78 is 0. The molecule has 1 rings (SSSR count). The molecule has 1 heterocycles. The SMILES string of the molecule is CCCN=C1C=C(C)CC(=NC)N1. The summed E-state index contributed by atoms with van der Waals surface area (Å²) in [6, 6.07) is 0. The van der Waals surface area contributed by atoms with E-state index in [1.807, 2.05) is 0 Å². The smallest absolute Gasteiger partial charge is 0.126 e. The van der Waals surface area contributed by atoms with Gasteiger partial charge in [0.25, 0.3) is 0 Å². The second-order valence-corrected chi connectivity index (χ2v) is 3.23. The Morgan fingerprint density at radius 3 is 2.92 bits per heavy atom. The van der Waals surface area contributed by atoms with Gasteiger partial charge in [-0.1, -0.05) is 12.5 Å². The zero-order valence-electron chi connectivity index (χ0n) is 8.59. The molecule has 3 nitrogen and oxygen atoms in total. The third kappa shape index (κ3) is 3.01. The summed E-state index contributed by atoms with van der Waals surface area (Å²) in [5.74, 6) is 1.96. The van der Waals surface area contributed by atoms with Crippen LogP contribution in [0.25, 0.3) is 0 Å². The molecule has 1 aliphatic rings. The van der Waals surface area contributed by atoms with Crippen molar-refractivity contribution in [3.8, 4) is 0 Å². The van der Waals surface area contributed by atoms with E-state index in [1.165, 1.54) is 5.57 Å². The highest BCUT2D eigenvalue weighted by atomic mass is 15.1. The molecule has 0 aromatic heterocycles. The number of rotatable bonds is 2. The summed E-state index contributed by atoms with van der Waals surface area (Å²) in [5.41, 5.74) is 1.31. The Labute approximate surface area is 79.7 Å². The van der Waals surface area contributed by atoms with Crippen LogP contribution in [0.15, 0.2) is 21.6 Å². The van der Waals surface area contributed by atoms with Gasteiger partial charge in [-0.15, -0.1) is 0 Å². The van der Waals surface area contributed by atoms with Crippen LogP contribution >= 0.6 is 0 Å². The van der Waals surface area contributed by atoms with Crippen LogP contribution in [0.3, 0.4) is 0 Å². The molecule has 72 valence electrons. The first kappa shape index (κ1) is 9.96. The summed E-state index contributed by atoms with van der Waals surface area (Å²) >= 11 is 0. The molecule has 0 aliphatic carbocycles. The average Bonchev–Trinajstić information content (AvgIpc) is 2.14. The topological polar surface area (TPSA) is 36.8 Å². The van der Waals surface area contributed by atoms with Crippen LogP contribution in [0.2, 0.25) is 0 Å². The van der Waals surface area contributed by atoms with Gasteiger partial charge in [-0.3, -0.25) is 9.98 Å². The van der Waals surface area contributed by atoms with Crippen LogP contribution in [0.5, 0.6) is 0 Å². The summed E-state index contributed by atoms with van der Waals surface area (Å²) in [6.07, 6.45) is 4.09. The lowest BCUT2D eigenvalue weighted by Gasteiger charge is -2.15. The van der Waals surface area contributed by atoms with E-state index < -0.39 is 0 Å². The lowest BCUT2D eigenvalue weighted by atomic mass is 10.1. The molecule has 0 saturated carbocycles. The predicted octanol–water partition coefficient (Wildman–Crippen LogP) is 1.76. The molecule has 0 radical (unpaired) electrons. The van der Waals surface area contributed by atoms with Crippen molar-refractivity contribution in [3.05, 3.63) is 11.6 Å². The van der Waals surface area contributed by atoms with E-state index in [0.717, 1.165) is 31.1 Å². The van der Waals surface area contributed by atoms with E-state index in [1.54, 1.807) is 7.05 Å². The van der Waals surface area contributed by atoms with Crippen molar-refractivity contribution >= 4 is 11.7 Å². The Kier molecular flexibility index (Phi) is 3.68. The van der Waals surface area contributed by atoms with Crippen LogP contribution in [0.4, 0.5) is 0 Å². The van der Waals surface area contributed by atoms with Gasteiger partial charge >= 0.3 is 0 Å². The van der Waals surface area contributed by atoms with E-state index in [9.17, 15) is 0 Å². The van der Waals surface area contributed by atoms with Crippen molar-refractivity contribution in [3.63, 3.8) is 0 Å². The molecule has 0 amide bonds. The number of nitrogens with one attached hydrogen (secondary N) is 1. The van der Waals surface area contributed by atoms with E-state index in [-0.39, 0.29) is 0 Å². The molecular formula is C10H17N3. The standard InChI is InChI=1S/C10H17N3/c1-4-5-12-10-7-8(2)6-9(11-3)13-10/h7H,4-6H2,1-3H3,(H,11,12,13). The minimum atomic E-state index is 0.878. The third-order valence-corrected chi connectivity index (χ3v) is 1.88. The van der Waals surface area contributed by atoms with Gasteiger partial charge in [-0.25, -0.2) is 0 Å². The minimum Gasteiger partial charge on any atom is -0.329 e. The Morgan fingerprint density at radius 1 is 1.54 bits per heavy atom. The average molecular weight is 179 g/mol. The molecule has 0 saturated heterocycles. The molecule has 1 aliphatic heterocycles. The van der Waals surface area contributed by atoms with Crippen molar-refractivity contribution in [2.45, 2.75) is 26.7 Å². The molecule has 13 heavy (non-hydrogen) atoms. The van der Waals surface area contributed by atoms with Gasteiger partial charge in [-0.05, 0) is 19.4 Å². The van der Waals surface area contributed by atoms with Crippen LogP contribution < -0.4 is 5.32 Å². The second kappa shape index (κ2) is 4.80. The molecule has 3 heteroatoms. The zero-order valence-corrected chi connectivity index (χ0v) is 8.59. The summed E-state index contributed by atoms with van der Waals surface area (Å²) in [7, 11) is 1.80. The van der Waals surface area contributed by atoms with Crippen molar-refractivity contribution < 1.29 is 0 Å². The Balaban J connectivity index is 2.72. The quantitative estimate of drug-likeness (QED) is 0.689. The van der Waals surface area contributed by atoms with Crippen molar-refractivity contribution in [2.75, 3.05) is 13.6 Å². The van der Waals surface area contributed by atoms with Crippen LogP contribution in [0.1, 0.15) is 26.7 Å². The number of amidine groups is 2. The molecule has 0 spiro atoms. The van der Waals surface area contributed by atoms with Crippen LogP contribution in [0, 0.1) is 0 Å².